The minimum atomic E-state index is 0.679. The normalized spacial score (nSPS) is 43.9. The molecule has 7 atom stereocenters. The van der Waals surface area contributed by atoms with Crippen molar-refractivity contribution in [1.29, 1.82) is 0 Å². The summed E-state index contributed by atoms with van der Waals surface area (Å²) in [5, 5.41) is 0. The van der Waals surface area contributed by atoms with E-state index in [1.54, 1.807) is 32.1 Å². The van der Waals surface area contributed by atoms with Crippen molar-refractivity contribution in [3.63, 3.8) is 0 Å². The fourth-order valence-electron chi connectivity index (χ4n) is 7.73. The summed E-state index contributed by atoms with van der Waals surface area (Å²) in [7, 11) is 0. The Morgan fingerprint density at radius 3 is 2.36 bits per heavy atom. The maximum absolute atomic E-state index is 2.73. The van der Waals surface area contributed by atoms with Crippen molar-refractivity contribution in [1.82, 2.24) is 0 Å². The van der Waals surface area contributed by atoms with Crippen LogP contribution in [-0.2, 0) is 0 Å². The Morgan fingerprint density at radius 2 is 1.60 bits per heavy atom. The monoisotopic (exact) mass is 346 g/mol. The molecule has 0 radical (unpaired) electrons. The topological polar surface area (TPSA) is 0 Å². The largest absolute Gasteiger partial charge is 0.0654 e. The van der Waals surface area contributed by atoms with Crippen LogP contribution >= 0.6 is 0 Å². The molecule has 0 heteroatoms. The third kappa shape index (κ3) is 4.14. The Labute approximate surface area is 158 Å². The molecule has 3 saturated carbocycles. The Morgan fingerprint density at radius 1 is 0.880 bits per heavy atom. The smallest absolute Gasteiger partial charge is 0.0264 e. The molecule has 0 N–H and O–H groups in total. The van der Waals surface area contributed by atoms with Gasteiger partial charge in [0.1, 0.15) is 0 Å². The van der Waals surface area contributed by atoms with Gasteiger partial charge in [-0.15, -0.1) is 0 Å². The second-order valence-electron chi connectivity index (χ2n) is 10.6. The third-order valence-corrected chi connectivity index (χ3v) is 9.19. The quantitative estimate of drug-likeness (QED) is 0.480. The highest BCUT2D eigenvalue weighted by Crippen LogP contribution is 2.63. The number of unbranched alkanes of at least 4 members (excludes halogenated alkanes) is 1. The first kappa shape index (κ1) is 19.8. The molecule has 0 aliphatic heterocycles. The van der Waals surface area contributed by atoms with Crippen LogP contribution in [-0.4, -0.2) is 0 Å². The predicted octanol–water partition coefficient (Wildman–Crippen LogP) is 8.25. The summed E-state index contributed by atoms with van der Waals surface area (Å²) in [4.78, 5) is 0. The highest BCUT2D eigenvalue weighted by atomic mass is 14.6. The summed E-state index contributed by atoms with van der Waals surface area (Å²) < 4.78 is 0. The van der Waals surface area contributed by atoms with E-state index in [2.05, 4.69) is 27.7 Å². The highest BCUT2D eigenvalue weighted by molar-refractivity contribution is 5.04. The first-order valence-corrected chi connectivity index (χ1v) is 12.1. The van der Waals surface area contributed by atoms with E-state index in [4.69, 9.17) is 0 Å². The minimum absolute atomic E-state index is 0.679. The molecule has 146 valence electrons. The molecule has 3 aliphatic rings. The van der Waals surface area contributed by atoms with Crippen LogP contribution in [0, 0.1) is 40.9 Å². The van der Waals surface area contributed by atoms with E-state index in [-0.39, 0.29) is 0 Å². The van der Waals surface area contributed by atoms with Gasteiger partial charge in [0.25, 0.3) is 0 Å². The van der Waals surface area contributed by atoms with E-state index in [0.717, 1.165) is 35.5 Å². The van der Waals surface area contributed by atoms with Gasteiger partial charge in [0, 0.05) is 0 Å². The zero-order chi connectivity index (χ0) is 17.9. The molecule has 3 fully saturated rings. The van der Waals surface area contributed by atoms with Crippen LogP contribution in [0.3, 0.4) is 0 Å². The molecule has 0 nitrogen and oxygen atoms in total. The molecule has 0 amide bonds. The molecule has 0 spiro atoms. The van der Waals surface area contributed by atoms with E-state index in [1.165, 1.54) is 57.8 Å². The van der Waals surface area contributed by atoms with Gasteiger partial charge < -0.3 is 0 Å². The van der Waals surface area contributed by atoms with Crippen molar-refractivity contribution in [2.24, 2.45) is 40.9 Å². The molecule has 0 heterocycles. The van der Waals surface area contributed by atoms with Gasteiger partial charge in [0.15, 0.2) is 0 Å². The van der Waals surface area contributed by atoms with Crippen LogP contribution in [0.1, 0.15) is 118 Å². The van der Waals surface area contributed by atoms with Crippen LogP contribution in [0.2, 0.25) is 0 Å². The van der Waals surface area contributed by atoms with Gasteiger partial charge in [-0.25, -0.2) is 0 Å². The lowest BCUT2D eigenvalue weighted by Gasteiger charge is -2.52. The zero-order valence-corrected chi connectivity index (χ0v) is 17.9. The van der Waals surface area contributed by atoms with Crippen molar-refractivity contribution in [3.05, 3.63) is 0 Å². The molecule has 7 unspecified atom stereocenters. The summed E-state index contributed by atoms with van der Waals surface area (Å²) in [5.41, 5.74) is 0.679. The number of fused-ring (bicyclic) bond motifs is 3. The van der Waals surface area contributed by atoms with Gasteiger partial charge >= 0.3 is 0 Å². The molecule has 0 saturated heterocycles. The van der Waals surface area contributed by atoms with Crippen molar-refractivity contribution < 1.29 is 0 Å². The number of hydrogen-bond acceptors (Lipinski definition) is 0. The van der Waals surface area contributed by atoms with Crippen molar-refractivity contribution in [3.8, 4) is 0 Å². The molecule has 3 rings (SSSR count). The Balaban J connectivity index is 1.74. The summed E-state index contributed by atoms with van der Waals surface area (Å²) >= 11 is 0. The average molecular weight is 347 g/mol. The minimum Gasteiger partial charge on any atom is -0.0654 e. The molecule has 0 aromatic rings. The summed E-state index contributed by atoms with van der Waals surface area (Å²) in [6, 6.07) is 0. The zero-order valence-electron chi connectivity index (χ0n) is 17.9. The lowest BCUT2D eigenvalue weighted by Crippen LogP contribution is -2.44. The number of rotatable bonds is 4. The second kappa shape index (κ2) is 8.79. The van der Waals surface area contributed by atoms with Crippen LogP contribution < -0.4 is 0 Å². The van der Waals surface area contributed by atoms with Gasteiger partial charge in [0.2, 0.25) is 0 Å². The fraction of sp³-hybridized carbons (Fsp3) is 1.00. The van der Waals surface area contributed by atoms with E-state index < -0.39 is 0 Å². The first-order chi connectivity index (χ1) is 12.1. The van der Waals surface area contributed by atoms with Crippen molar-refractivity contribution in [2.45, 2.75) is 118 Å². The molecule has 0 aromatic heterocycles. The Kier molecular flexibility index (Phi) is 6.95. The van der Waals surface area contributed by atoms with Gasteiger partial charge in [-0.05, 0) is 73.0 Å². The third-order valence-electron chi connectivity index (χ3n) is 9.19. The molecule has 0 bridgehead atoms. The molecule has 0 aromatic carbocycles. The Hall–Kier alpha value is 0. The lowest BCUT2D eigenvalue weighted by molar-refractivity contribution is -0.0268. The van der Waals surface area contributed by atoms with Gasteiger partial charge in [0.05, 0.1) is 0 Å². The fourth-order valence-corrected chi connectivity index (χ4v) is 7.73. The highest BCUT2D eigenvalue weighted by Gasteiger charge is 2.54. The lowest BCUT2D eigenvalue weighted by atomic mass is 9.53. The first-order valence-electron chi connectivity index (χ1n) is 12.1. The maximum atomic E-state index is 2.73. The molecule has 3 aliphatic carbocycles. The van der Waals surface area contributed by atoms with Crippen LogP contribution in [0.15, 0.2) is 0 Å². The number of hydrogen-bond donors (Lipinski definition) is 0. The van der Waals surface area contributed by atoms with Gasteiger partial charge in [-0.3, -0.25) is 0 Å². The summed E-state index contributed by atoms with van der Waals surface area (Å²) in [6.07, 6.45) is 21.1. The summed E-state index contributed by atoms with van der Waals surface area (Å²) in [6.45, 7) is 10.3. The molecular weight excluding hydrogens is 300 g/mol. The Bertz CT molecular complexity index is 399. The van der Waals surface area contributed by atoms with E-state index >= 15 is 0 Å². The van der Waals surface area contributed by atoms with Crippen LogP contribution in [0.4, 0.5) is 0 Å². The maximum Gasteiger partial charge on any atom is -0.0264 e. The van der Waals surface area contributed by atoms with Crippen molar-refractivity contribution >= 4 is 0 Å². The second-order valence-corrected chi connectivity index (χ2v) is 10.6. The van der Waals surface area contributed by atoms with E-state index in [1.807, 2.05) is 0 Å². The van der Waals surface area contributed by atoms with E-state index in [9.17, 15) is 0 Å². The molecular formula is C25H46. The predicted molar refractivity (Wildman–Crippen MR) is 111 cm³/mol. The molecule has 25 heavy (non-hydrogen) atoms. The average Bonchev–Trinajstić information content (AvgIpc) is 2.96. The summed E-state index contributed by atoms with van der Waals surface area (Å²) in [5.74, 6) is 6.15. The van der Waals surface area contributed by atoms with E-state index in [0.29, 0.717) is 5.41 Å². The standard InChI is InChI=1S/C25H46/c1-5-6-12-20(3)23-15-16-24-22-14-11-9-7-8-10-13-19(2)21(22)17-18-25(23,24)4/h19-24H,5-18H2,1-4H3. The van der Waals surface area contributed by atoms with Crippen molar-refractivity contribution in [2.75, 3.05) is 0 Å². The van der Waals surface area contributed by atoms with Gasteiger partial charge in [-0.1, -0.05) is 85.5 Å². The SMILES string of the molecule is CCCCC(C)C1CCC2C3CCCCCCCC(C)C3CCC12C. The van der Waals surface area contributed by atoms with Gasteiger partial charge in [-0.2, -0.15) is 0 Å². The van der Waals surface area contributed by atoms with Crippen LogP contribution in [0.25, 0.3) is 0 Å². The van der Waals surface area contributed by atoms with Crippen LogP contribution in [0.5, 0.6) is 0 Å².